The number of likely N-dealkylation sites (tertiary alicyclic amines) is 1. The van der Waals surface area contributed by atoms with E-state index in [1.54, 1.807) is 6.20 Å². The molecule has 1 heterocycles. The van der Waals surface area contributed by atoms with Crippen molar-refractivity contribution >= 4 is 11.8 Å². The van der Waals surface area contributed by atoms with Gasteiger partial charge in [-0.1, -0.05) is 6.92 Å². The number of rotatable bonds is 3. The molecule has 0 saturated carbocycles. The number of imide groups is 1. The van der Waals surface area contributed by atoms with Gasteiger partial charge < -0.3 is 5.32 Å². The lowest BCUT2D eigenvalue weighted by Gasteiger charge is -2.02. The van der Waals surface area contributed by atoms with Crippen molar-refractivity contribution in [1.29, 1.82) is 0 Å². The van der Waals surface area contributed by atoms with Crippen LogP contribution in [-0.2, 0) is 9.59 Å². The van der Waals surface area contributed by atoms with E-state index in [-0.39, 0.29) is 18.2 Å². The summed E-state index contributed by atoms with van der Waals surface area (Å²) in [4.78, 5) is 23.5. The van der Waals surface area contributed by atoms with Gasteiger partial charge in [0.1, 0.15) is 0 Å². The smallest absolute Gasteiger partial charge is 0.258 e. The van der Waals surface area contributed by atoms with Crippen LogP contribution in [0.1, 0.15) is 19.8 Å². The summed E-state index contributed by atoms with van der Waals surface area (Å²) in [5, 5.41) is 2.99. The summed E-state index contributed by atoms with van der Waals surface area (Å²) in [6, 6.07) is 0. The normalized spacial score (nSPS) is 20.2. The molecule has 0 unspecified atom stereocenters. The molecule has 0 bridgehead atoms. The van der Waals surface area contributed by atoms with Crippen LogP contribution in [0.25, 0.3) is 0 Å². The van der Waals surface area contributed by atoms with Gasteiger partial charge in [-0.15, -0.1) is 0 Å². The Bertz CT molecular complexity index is 258. The summed E-state index contributed by atoms with van der Waals surface area (Å²) in [6.45, 7) is 2.87. The molecule has 1 saturated heterocycles. The van der Waals surface area contributed by atoms with Gasteiger partial charge in [0.25, 0.3) is 5.91 Å². The fraction of sp³-hybridized carbons (Fsp3) is 0.556. The number of nitrogens with one attached hydrogen (secondary N) is 1. The second-order valence-electron chi connectivity index (χ2n) is 3.06. The SMILES string of the molecule is CCCNC=C1CC(=O)N(C)C1=O. The Hall–Kier alpha value is -1.32. The summed E-state index contributed by atoms with van der Waals surface area (Å²) >= 11 is 0. The lowest BCUT2D eigenvalue weighted by Crippen LogP contribution is -2.24. The zero-order chi connectivity index (χ0) is 9.84. The van der Waals surface area contributed by atoms with Crippen molar-refractivity contribution in [2.45, 2.75) is 19.8 Å². The van der Waals surface area contributed by atoms with Crippen molar-refractivity contribution in [2.75, 3.05) is 13.6 Å². The van der Waals surface area contributed by atoms with E-state index in [1.165, 1.54) is 7.05 Å². The highest BCUT2D eigenvalue weighted by Gasteiger charge is 2.30. The monoisotopic (exact) mass is 182 g/mol. The first kappa shape index (κ1) is 9.77. The summed E-state index contributed by atoms with van der Waals surface area (Å²) in [7, 11) is 1.51. The Kier molecular flexibility index (Phi) is 3.06. The van der Waals surface area contributed by atoms with Crippen molar-refractivity contribution in [3.63, 3.8) is 0 Å². The van der Waals surface area contributed by atoms with Crippen LogP contribution in [0.5, 0.6) is 0 Å². The van der Waals surface area contributed by atoms with Crippen molar-refractivity contribution in [3.05, 3.63) is 11.8 Å². The Morgan fingerprint density at radius 1 is 1.54 bits per heavy atom. The molecule has 0 aliphatic carbocycles. The minimum absolute atomic E-state index is 0.130. The molecule has 13 heavy (non-hydrogen) atoms. The number of hydrogen-bond acceptors (Lipinski definition) is 3. The third kappa shape index (κ3) is 2.08. The Balaban J connectivity index is 2.57. The molecule has 2 amide bonds. The van der Waals surface area contributed by atoms with Crippen LogP contribution < -0.4 is 5.32 Å². The molecule has 0 aromatic rings. The van der Waals surface area contributed by atoms with E-state index in [1.807, 2.05) is 6.92 Å². The molecule has 1 fully saturated rings. The number of nitrogens with zero attached hydrogens (tertiary/aromatic N) is 1. The van der Waals surface area contributed by atoms with Gasteiger partial charge in [-0.25, -0.2) is 0 Å². The maximum Gasteiger partial charge on any atom is 0.258 e. The zero-order valence-electron chi connectivity index (χ0n) is 7.96. The Morgan fingerprint density at radius 2 is 2.23 bits per heavy atom. The van der Waals surface area contributed by atoms with Gasteiger partial charge in [0.05, 0.1) is 6.42 Å². The van der Waals surface area contributed by atoms with E-state index < -0.39 is 0 Å². The minimum Gasteiger partial charge on any atom is -0.391 e. The molecule has 4 heteroatoms. The topological polar surface area (TPSA) is 49.4 Å². The van der Waals surface area contributed by atoms with Crippen LogP contribution in [0.3, 0.4) is 0 Å². The molecule has 1 rings (SSSR count). The predicted molar refractivity (Wildman–Crippen MR) is 48.8 cm³/mol. The number of carbonyl (C=O) groups is 2. The predicted octanol–water partition coefficient (Wildman–Crippen LogP) is 0.259. The highest BCUT2D eigenvalue weighted by atomic mass is 16.2. The van der Waals surface area contributed by atoms with Crippen LogP contribution in [0.15, 0.2) is 11.8 Å². The first-order valence-electron chi connectivity index (χ1n) is 4.40. The number of amides is 2. The van der Waals surface area contributed by atoms with Crippen LogP contribution >= 0.6 is 0 Å². The maximum atomic E-state index is 11.3. The molecule has 1 aliphatic rings. The molecule has 0 aromatic carbocycles. The zero-order valence-corrected chi connectivity index (χ0v) is 7.96. The molecule has 72 valence electrons. The van der Waals surface area contributed by atoms with Crippen LogP contribution in [-0.4, -0.2) is 30.3 Å². The van der Waals surface area contributed by atoms with Crippen LogP contribution in [0, 0.1) is 0 Å². The van der Waals surface area contributed by atoms with Crippen molar-refractivity contribution in [2.24, 2.45) is 0 Å². The van der Waals surface area contributed by atoms with Gasteiger partial charge in [0.2, 0.25) is 5.91 Å². The second-order valence-corrected chi connectivity index (χ2v) is 3.06. The lowest BCUT2D eigenvalue weighted by atomic mass is 10.2. The van der Waals surface area contributed by atoms with E-state index in [9.17, 15) is 9.59 Å². The van der Waals surface area contributed by atoms with Gasteiger partial charge in [-0.2, -0.15) is 0 Å². The molecule has 0 aromatic heterocycles. The van der Waals surface area contributed by atoms with E-state index in [4.69, 9.17) is 0 Å². The summed E-state index contributed by atoms with van der Waals surface area (Å²) in [6.07, 6.45) is 2.88. The first-order valence-corrected chi connectivity index (χ1v) is 4.40. The number of hydrogen-bond donors (Lipinski definition) is 1. The molecule has 4 nitrogen and oxygen atoms in total. The van der Waals surface area contributed by atoms with Gasteiger partial charge in [-0.05, 0) is 6.42 Å². The molecular formula is C9H14N2O2. The van der Waals surface area contributed by atoms with Gasteiger partial charge in [0.15, 0.2) is 0 Å². The molecule has 0 spiro atoms. The van der Waals surface area contributed by atoms with E-state index in [0.717, 1.165) is 17.9 Å². The quantitative estimate of drug-likeness (QED) is 0.387. The molecule has 0 atom stereocenters. The van der Waals surface area contributed by atoms with Crippen LogP contribution in [0.2, 0.25) is 0 Å². The summed E-state index contributed by atoms with van der Waals surface area (Å²) in [5.74, 6) is -0.317. The maximum absolute atomic E-state index is 11.3. The fourth-order valence-corrected chi connectivity index (χ4v) is 1.14. The summed E-state index contributed by atoms with van der Waals surface area (Å²) < 4.78 is 0. The average molecular weight is 182 g/mol. The highest BCUT2D eigenvalue weighted by Crippen LogP contribution is 2.15. The fourth-order valence-electron chi connectivity index (χ4n) is 1.14. The third-order valence-electron chi connectivity index (χ3n) is 1.97. The molecule has 1 N–H and O–H groups in total. The first-order chi connectivity index (χ1) is 6.16. The van der Waals surface area contributed by atoms with E-state index in [2.05, 4.69) is 5.32 Å². The number of likely N-dealkylation sites (N-methyl/N-ethyl adjacent to an activating group) is 1. The Morgan fingerprint density at radius 3 is 2.69 bits per heavy atom. The average Bonchev–Trinajstić information content (AvgIpc) is 2.34. The van der Waals surface area contributed by atoms with Crippen molar-refractivity contribution in [3.8, 4) is 0 Å². The largest absolute Gasteiger partial charge is 0.391 e. The van der Waals surface area contributed by atoms with Gasteiger partial charge in [0, 0.05) is 25.4 Å². The molecule has 0 radical (unpaired) electrons. The van der Waals surface area contributed by atoms with Gasteiger partial charge >= 0.3 is 0 Å². The second kappa shape index (κ2) is 4.07. The standard InChI is InChI=1S/C9H14N2O2/c1-3-4-10-6-7-5-8(12)11(2)9(7)13/h6,10H,3-5H2,1-2H3. The molecular weight excluding hydrogens is 168 g/mol. The minimum atomic E-state index is -0.186. The number of carbonyl (C=O) groups excluding carboxylic acids is 2. The van der Waals surface area contributed by atoms with Crippen LogP contribution in [0.4, 0.5) is 0 Å². The van der Waals surface area contributed by atoms with Crippen molar-refractivity contribution in [1.82, 2.24) is 10.2 Å². The van der Waals surface area contributed by atoms with Crippen molar-refractivity contribution < 1.29 is 9.59 Å². The van der Waals surface area contributed by atoms with Gasteiger partial charge in [-0.3, -0.25) is 14.5 Å². The Labute approximate surface area is 77.6 Å². The van der Waals surface area contributed by atoms with E-state index >= 15 is 0 Å². The van der Waals surface area contributed by atoms with E-state index in [0.29, 0.717) is 5.57 Å². The lowest BCUT2D eigenvalue weighted by molar-refractivity contribution is -0.135. The summed E-state index contributed by atoms with van der Waals surface area (Å²) in [5.41, 5.74) is 0.556. The highest BCUT2D eigenvalue weighted by molar-refractivity contribution is 6.12. The third-order valence-corrected chi connectivity index (χ3v) is 1.97. The molecule has 1 aliphatic heterocycles.